The summed E-state index contributed by atoms with van der Waals surface area (Å²) in [5.74, 6) is -0.664. The number of rotatable bonds is 3. The Kier molecular flexibility index (Phi) is 3.81. The van der Waals surface area contributed by atoms with Crippen molar-refractivity contribution in [2.24, 2.45) is 0 Å². The monoisotopic (exact) mass is 274 g/mol. The van der Waals surface area contributed by atoms with Gasteiger partial charge in [0.05, 0.1) is 5.56 Å². The zero-order chi connectivity index (χ0) is 14.7. The minimum Gasteiger partial charge on any atom is -0.508 e. The SMILES string of the molecule is Oc1ccc(/C=C/C(O)c2c(O)cccc2O)c(O)c1. The molecule has 5 heteroatoms. The van der Waals surface area contributed by atoms with Crippen molar-refractivity contribution in [1.29, 1.82) is 0 Å². The first-order chi connectivity index (χ1) is 9.49. The number of hydrogen-bond acceptors (Lipinski definition) is 5. The number of aliphatic hydroxyl groups excluding tert-OH is 1. The lowest BCUT2D eigenvalue weighted by atomic mass is 10.0. The van der Waals surface area contributed by atoms with Gasteiger partial charge < -0.3 is 25.5 Å². The van der Waals surface area contributed by atoms with E-state index < -0.39 is 6.10 Å². The van der Waals surface area contributed by atoms with Crippen molar-refractivity contribution in [3.05, 3.63) is 53.6 Å². The van der Waals surface area contributed by atoms with E-state index in [4.69, 9.17) is 5.11 Å². The van der Waals surface area contributed by atoms with Gasteiger partial charge in [-0.1, -0.05) is 18.2 Å². The smallest absolute Gasteiger partial charge is 0.126 e. The molecule has 2 aromatic carbocycles. The van der Waals surface area contributed by atoms with E-state index in [9.17, 15) is 20.4 Å². The van der Waals surface area contributed by atoms with E-state index >= 15 is 0 Å². The molecule has 0 amide bonds. The maximum Gasteiger partial charge on any atom is 0.126 e. The van der Waals surface area contributed by atoms with Crippen LogP contribution in [0, 0.1) is 0 Å². The van der Waals surface area contributed by atoms with E-state index in [0.717, 1.165) is 0 Å². The van der Waals surface area contributed by atoms with Crippen LogP contribution in [0.3, 0.4) is 0 Å². The van der Waals surface area contributed by atoms with Crippen LogP contribution in [0.5, 0.6) is 23.0 Å². The van der Waals surface area contributed by atoms with Crippen molar-refractivity contribution < 1.29 is 25.5 Å². The van der Waals surface area contributed by atoms with Crippen LogP contribution in [0.2, 0.25) is 0 Å². The minimum absolute atomic E-state index is 0.0120. The zero-order valence-electron chi connectivity index (χ0n) is 10.4. The summed E-state index contributed by atoms with van der Waals surface area (Å²) in [7, 11) is 0. The maximum atomic E-state index is 9.95. The predicted octanol–water partition coefficient (Wildman–Crippen LogP) is 2.26. The van der Waals surface area contributed by atoms with Gasteiger partial charge in [-0.15, -0.1) is 0 Å². The average molecular weight is 274 g/mol. The van der Waals surface area contributed by atoms with Crippen molar-refractivity contribution in [3.8, 4) is 23.0 Å². The lowest BCUT2D eigenvalue weighted by molar-refractivity contribution is 0.219. The fourth-order valence-electron chi connectivity index (χ4n) is 1.81. The summed E-state index contributed by atoms with van der Waals surface area (Å²) >= 11 is 0. The molecular weight excluding hydrogens is 260 g/mol. The molecule has 1 unspecified atom stereocenters. The van der Waals surface area contributed by atoms with Crippen molar-refractivity contribution in [1.82, 2.24) is 0 Å². The van der Waals surface area contributed by atoms with Crippen LogP contribution < -0.4 is 0 Å². The van der Waals surface area contributed by atoms with Gasteiger partial charge in [-0.05, 0) is 24.3 Å². The van der Waals surface area contributed by atoms with E-state index in [1.54, 1.807) is 0 Å². The lowest BCUT2D eigenvalue weighted by Gasteiger charge is -2.10. The number of aromatic hydroxyl groups is 4. The third-order valence-corrected chi connectivity index (χ3v) is 2.83. The Morgan fingerprint density at radius 1 is 0.850 bits per heavy atom. The fraction of sp³-hybridized carbons (Fsp3) is 0.0667. The van der Waals surface area contributed by atoms with Gasteiger partial charge in [0.15, 0.2) is 0 Å². The van der Waals surface area contributed by atoms with Crippen molar-refractivity contribution in [2.45, 2.75) is 6.10 Å². The molecule has 0 bridgehead atoms. The first-order valence-corrected chi connectivity index (χ1v) is 5.88. The Morgan fingerprint density at radius 2 is 1.50 bits per heavy atom. The number of hydrogen-bond donors (Lipinski definition) is 5. The Labute approximate surface area is 115 Å². The van der Waals surface area contributed by atoms with Crippen LogP contribution in [0.4, 0.5) is 0 Å². The van der Waals surface area contributed by atoms with E-state index in [-0.39, 0.29) is 28.6 Å². The first kappa shape index (κ1) is 13.8. The van der Waals surface area contributed by atoms with Gasteiger partial charge in [0.1, 0.15) is 29.1 Å². The molecule has 0 fully saturated rings. The van der Waals surface area contributed by atoms with Gasteiger partial charge in [-0.2, -0.15) is 0 Å². The molecule has 1 atom stereocenters. The molecule has 0 saturated heterocycles. The molecule has 5 nitrogen and oxygen atoms in total. The number of benzene rings is 2. The predicted molar refractivity (Wildman–Crippen MR) is 73.5 cm³/mol. The summed E-state index contributed by atoms with van der Waals surface area (Å²) in [6.07, 6.45) is 1.50. The molecular formula is C15H14O5. The molecule has 0 aromatic heterocycles. The Morgan fingerprint density at radius 3 is 2.10 bits per heavy atom. The standard InChI is InChI=1S/C15H14O5/c16-10-6-4-9(14(20)8-10)5-7-13(19)15-11(17)2-1-3-12(15)18/h1-8,13,16-20H/b7-5+. The highest BCUT2D eigenvalue weighted by Crippen LogP contribution is 2.33. The Balaban J connectivity index is 2.27. The molecule has 0 heterocycles. The second-order valence-corrected chi connectivity index (χ2v) is 4.26. The molecule has 2 aromatic rings. The highest BCUT2D eigenvalue weighted by molar-refractivity contribution is 5.60. The van der Waals surface area contributed by atoms with Gasteiger partial charge >= 0.3 is 0 Å². The van der Waals surface area contributed by atoms with Crippen molar-refractivity contribution in [3.63, 3.8) is 0 Å². The van der Waals surface area contributed by atoms with E-state index in [0.29, 0.717) is 5.56 Å². The molecule has 0 radical (unpaired) electrons. The number of aliphatic hydroxyl groups is 1. The summed E-state index contributed by atoms with van der Waals surface area (Å²) in [4.78, 5) is 0. The molecule has 0 aliphatic rings. The molecule has 5 N–H and O–H groups in total. The quantitative estimate of drug-likeness (QED) is 0.591. The molecule has 2 rings (SSSR count). The van der Waals surface area contributed by atoms with Gasteiger partial charge in [-0.25, -0.2) is 0 Å². The first-order valence-electron chi connectivity index (χ1n) is 5.88. The fourth-order valence-corrected chi connectivity index (χ4v) is 1.81. The van der Waals surface area contributed by atoms with Crippen LogP contribution in [0.25, 0.3) is 6.08 Å². The lowest BCUT2D eigenvalue weighted by Crippen LogP contribution is -1.94. The molecule has 0 spiro atoms. The Hall–Kier alpha value is -2.66. The van der Waals surface area contributed by atoms with Gasteiger partial charge in [0, 0.05) is 11.6 Å². The van der Waals surface area contributed by atoms with Crippen LogP contribution in [-0.4, -0.2) is 25.5 Å². The third-order valence-electron chi connectivity index (χ3n) is 2.83. The van der Waals surface area contributed by atoms with E-state index in [1.165, 1.54) is 48.6 Å². The summed E-state index contributed by atoms with van der Waals surface area (Å²) in [5, 5.41) is 47.9. The maximum absolute atomic E-state index is 9.95. The molecule has 0 saturated carbocycles. The highest BCUT2D eigenvalue weighted by atomic mass is 16.3. The van der Waals surface area contributed by atoms with Crippen molar-refractivity contribution >= 4 is 6.08 Å². The minimum atomic E-state index is -1.23. The number of phenols is 4. The summed E-state index contributed by atoms with van der Waals surface area (Å²) in [5.41, 5.74) is 0.374. The molecule has 0 aliphatic carbocycles. The van der Waals surface area contributed by atoms with Gasteiger partial charge in [0.2, 0.25) is 0 Å². The molecule has 0 aliphatic heterocycles. The largest absolute Gasteiger partial charge is 0.508 e. The van der Waals surface area contributed by atoms with E-state index in [2.05, 4.69) is 0 Å². The number of phenolic OH excluding ortho intramolecular Hbond substituents is 4. The second-order valence-electron chi connectivity index (χ2n) is 4.26. The van der Waals surface area contributed by atoms with Crippen LogP contribution >= 0.6 is 0 Å². The zero-order valence-corrected chi connectivity index (χ0v) is 10.4. The van der Waals surface area contributed by atoms with Crippen molar-refractivity contribution in [2.75, 3.05) is 0 Å². The summed E-state index contributed by atoms with van der Waals surface area (Å²) in [6.45, 7) is 0. The van der Waals surface area contributed by atoms with Crippen LogP contribution in [0.1, 0.15) is 17.2 Å². The third kappa shape index (κ3) is 2.84. The molecule has 104 valence electrons. The van der Waals surface area contributed by atoms with Gasteiger partial charge in [0.25, 0.3) is 0 Å². The average Bonchev–Trinajstić information content (AvgIpc) is 2.37. The highest BCUT2D eigenvalue weighted by Gasteiger charge is 2.14. The summed E-state index contributed by atoms with van der Waals surface area (Å²) in [6, 6.07) is 8.19. The normalized spacial score (nSPS) is 12.7. The van der Waals surface area contributed by atoms with Crippen LogP contribution in [0.15, 0.2) is 42.5 Å². The second kappa shape index (κ2) is 5.54. The van der Waals surface area contributed by atoms with Crippen LogP contribution in [-0.2, 0) is 0 Å². The molecule has 20 heavy (non-hydrogen) atoms. The summed E-state index contributed by atoms with van der Waals surface area (Å²) < 4.78 is 0. The Bertz CT molecular complexity index is 628. The topological polar surface area (TPSA) is 101 Å². The van der Waals surface area contributed by atoms with E-state index in [1.807, 2.05) is 0 Å². The van der Waals surface area contributed by atoms with Gasteiger partial charge in [-0.3, -0.25) is 0 Å².